The molecule has 0 amide bonds. The summed E-state index contributed by atoms with van der Waals surface area (Å²) in [6.07, 6.45) is 17.1. The first-order valence-electron chi connectivity index (χ1n) is 4.87. The first-order chi connectivity index (χ1) is 6.83. The van der Waals surface area contributed by atoms with Crippen LogP contribution >= 0.6 is 0 Å². The fourth-order valence-corrected chi connectivity index (χ4v) is 1.33. The van der Waals surface area contributed by atoms with Crippen LogP contribution in [0.2, 0.25) is 0 Å². The average Bonchev–Trinajstić information content (AvgIpc) is 2.20. The first kappa shape index (κ1) is 10.6. The molecule has 14 heavy (non-hydrogen) atoms. The lowest BCUT2D eigenvalue weighted by Gasteiger charge is -2.15. The van der Waals surface area contributed by atoms with Gasteiger partial charge < -0.3 is 5.32 Å². The summed E-state index contributed by atoms with van der Waals surface area (Å²) in [4.78, 5) is 0. The lowest BCUT2D eigenvalue weighted by Crippen LogP contribution is -2.23. The molecule has 1 aliphatic rings. The normalized spacial score (nSPS) is 21.2. The van der Waals surface area contributed by atoms with Gasteiger partial charge in [-0.05, 0) is 25.6 Å². The number of nitrogens with one attached hydrogen (secondary N) is 1. The molecule has 0 aromatic heterocycles. The molecule has 1 rings (SSSR count). The quantitative estimate of drug-likeness (QED) is 0.667. The van der Waals surface area contributed by atoms with E-state index in [0.29, 0.717) is 6.04 Å². The van der Waals surface area contributed by atoms with Gasteiger partial charge in [0.1, 0.15) is 0 Å². The summed E-state index contributed by atoms with van der Waals surface area (Å²) in [7, 11) is 0. The van der Waals surface area contributed by atoms with E-state index >= 15 is 0 Å². The Morgan fingerprint density at radius 1 is 1.43 bits per heavy atom. The van der Waals surface area contributed by atoms with Crippen molar-refractivity contribution in [2.75, 3.05) is 0 Å². The van der Waals surface area contributed by atoms with Crippen molar-refractivity contribution < 1.29 is 0 Å². The molecule has 1 heterocycles. The number of hydrogen-bond acceptors (Lipinski definition) is 1. The van der Waals surface area contributed by atoms with Gasteiger partial charge in [0.25, 0.3) is 0 Å². The van der Waals surface area contributed by atoms with E-state index in [-0.39, 0.29) is 0 Å². The van der Waals surface area contributed by atoms with Crippen LogP contribution in [0, 0.1) is 0 Å². The van der Waals surface area contributed by atoms with Gasteiger partial charge >= 0.3 is 0 Å². The van der Waals surface area contributed by atoms with Gasteiger partial charge in [0, 0.05) is 6.04 Å². The summed E-state index contributed by atoms with van der Waals surface area (Å²) in [6.45, 7) is 5.76. The van der Waals surface area contributed by atoms with Crippen molar-refractivity contribution in [3.05, 3.63) is 60.9 Å². The Balaban J connectivity index is 2.39. The molecule has 1 N–H and O–H groups in total. The van der Waals surface area contributed by atoms with Gasteiger partial charge in [-0.3, -0.25) is 0 Å². The predicted molar refractivity (Wildman–Crippen MR) is 62.9 cm³/mol. The summed E-state index contributed by atoms with van der Waals surface area (Å²) >= 11 is 0. The lowest BCUT2D eigenvalue weighted by atomic mass is 10.1. The number of allylic oxidation sites excluding steroid dienone is 6. The van der Waals surface area contributed by atoms with Gasteiger partial charge in [-0.25, -0.2) is 0 Å². The highest BCUT2D eigenvalue weighted by molar-refractivity contribution is 5.19. The highest BCUT2D eigenvalue weighted by Crippen LogP contribution is 2.08. The Labute approximate surface area is 86.2 Å². The predicted octanol–water partition coefficient (Wildman–Crippen LogP) is 3.11. The van der Waals surface area contributed by atoms with Crippen molar-refractivity contribution in [3.8, 4) is 0 Å². The largest absolute Gasteiger partial charge is 0.384 e. The van der Waals surface area contributed by atoms with Crippen molar-refractivity contribution in [2.24, 2.45) is 0 Å². The van der Waals surface area contributed by atoms with Crippen LogP contribution in [-0.2, 0) is 0 Å². The van der Waals surface area contributed by atoms with Crippen LogP contribution in [0.15, 0.2) is 60.9 Å². The fourth-order valence-electron chi connectivity index (χ4n) is 1.33. The topological polar surface area (TPSA) is 12.0 Å². The Bertz CT molecular complexity index is 292. The molecule has 0 saturated carbocycles. The molecule has 0 bridgehead atoms. The SMILES string of the molecule is C=C/C=C\C=C(/C)CC1C=CC=CN1. The van der Waals surface area contributed by atoms with Gasteiger partial charge in [-0.2, -0.15) is 0 Å². The third kappa shape index (κ3) is 3.94. The highest BCUT2D eigenvalue weighted by atomic mass is 14.9. The maximum atomic E-state index is 3.62. The summed E-state index contributed by atoms with van der Waals surface area (Å²) in [5.74, 6) is 0. The smallest absolute Gasteiger partial charge is 0.0479 e. The minimum Gasteiger partial charge on any atom is -0.384 e. The summed E-state index contributed by atoms with van der Waals surface area (Å²) in [5.41, 5.74) is 1.36. The van der Waals surface area contributed by atoms with E-state index < -0.39 is 0 Å². The Morgan fingerprint density at radius 3 is 2.93 bits per heavy atom. The number of hydrogen-bond donors (Lipinski definition) is 1. The first-order valence-corrected chi connectivity index (χ1v) is 4.87. The van der Waals surface area contributed by atoms with Crippen LogP contribution in [0.4, 0.5) is 0 Å². The van der Waals surface area contributed by atoms with Crippen LogP contribution in [0.5, 0.6) is 0 Å². The number of rotatable bonds is 4. The van der Waals surface area contributed by atoms with Crippen molar-refractivity contribution in [1.29, 1.82) is 0 Å². The summed E-state index contributed by atoms with van der Waals surface area (Å²) < 4.78 is 0. The molecular formula is C13H17N. The third-order valence-electron chi connectivity index (χ3n) is 2.03. The second kappa shape index (κ2) is 6.03. The minimum atomic E-state index is 0.438. The minimum absolute atomic E-state index is 0.438. The van der Waals surface area contributed by atoms with Crippen molar-refractivity contribution in [2.45, 2.75) is 19.4 Å². The van der Waals surface area contributed by atoms with Gasteiger partial charge in [0.2, 0.25) is 0 Å². The van der Waals surface area contributed by atoms with Crippen LogP contribution < -0.4 is 5.32 Å². The summed E-state index contributed by atoms with van der Waals surface area (Å²) in [6, 6.07) is 0.438. The van der Waals surface area contributed by atoms with Crippen molar-refractivity contribution in [3.63, 3.8) is 0 Å². The molecule has 0 fully saturated rings. The maximum Gasteiger partial charge on any atom is 0.0479 e. The molecule has 0 spiro atoms. The molecule has 1 aliphatic heterocycles. The molecule has 0 aromatic rings. The van der Waals surface area contributed by atoms with Crippen LogP contribution in [0.1, 0.15) is 13.3 Å². The fraction of sp³-hybridized carbons (Fsp3) is 0.231. The van der Waals surface area contributed by atoms with E-state index in [1.165, 1.54) is 5.57 Å². The van der Waals surface area contributed by atoms with Crippen molar-refractivity contribution in [1.82, 2.24) is 5.32 Å². The molecule has 74 valence electrons. The van der Waals surface area contributed by atoms with E-state index in [4.69, 9.17) is 0 Å². The zero-order valence-corrected chi connectivity index (χ0v) is 8.61. The monoisotopic (exact) mass is 187 g/mol. The summed E-state index contributed by atoms with van der Waals surface area (Å²) in [5, 5.41) is 3.29. The second-order valence-electron chi connectivity index (χ2n) is 3.35. The highest BCUT2D eigenvalue weighted by Gasteiger charge is 2.03. The van der Waals surface area contributed by atoms with Crippen LogP contribution in [0.25, 0.3) is 0 Å². The molecule has 1 heteroatoms. The zero-order valence-electron chi connectivity index (χ0n) is 8.61. The Kier molecular flexibility index (Phi) is 4.56. The average molecular weight is 187 g/mol. The van der Waals surface area contributed by atoms with E-state index in [2.05, 4.69) is 37.0 Å². The van der Waals surface area contributed by atoms with E-state index in [1.807, 2.05) is 24.4 Å². The van der Waals surface area contributed by atoms with Crippen LogP contribution in [-0.4, -0.2) is 6.04 Å². The van der Waals surface area contributed by atoms with Crippen LogP contribution in [0.3, 0.4) is 0 Å². The second-order valence-corrected chi connectivity index (χ2v) is 3.35. The third-order valence-corrected chi connectivity index (χ3v) is 2.03. The molecule has 1 atom stereocenters. The number of dihydropyridines is 1. The van der Waals surface area contributed by atoms with E-state index in [9.17, 15) is 0 Å². The van der Waals surface area contributed by atoms with Gasteiger partial charge in [-0.1, -0.05) is 48.6 Å². The Morgan fingerprint density at radius 2 is 2.29 bits per heavy atom. The van der Waals surface area contributed by atoms with Gasteiger partial charge in [0.15, 0.2) is 0 Å². The maximum absolute atomic E-state index is 3.62. The van der Waals surface area contributed by atoms with E-state index in [1.54, 1.807) is 6.08 Å². The molecule has 0 radical (unpaired) electrons. The van der Waals surface area contributed by atoms with Crippen molar-refractivity contribution >= 4 is 0 Å². The molecule has 0 saturated heterocycles. The van der Waals surface area contributed by atoms with Gasteiger partial charge in [0.05, 0.1) is 0 Å². The molecule has 1 nitrogen and oxygen atoms in total. The molecular weight excluding hydrogens is 170 g/mol. The lowest BCUT2D eigenvalue weighted by molar-refractivity contribution is 0.684. The molecule has 0 aliphatic carbocycles. The Hall–Kier alpha value is -1.50. The van der Waals surface area contributed by atoms with Gasteiger partial charge in [-0.15, -0.1) is 0 Å². The molecule has 1 unspecified atom stereocenters. The van der Waals surface area contributed by atoms with E-state index in [0.717, 1.165) is 6.42 Å². The molecule has 0 aromatic carbocycles. The standard InChI is InChI=1S/C13H17N/c1-3-4-5-8-12(2)11-13-9-6-7-10-14-13/h3-10,13-14H,1,11H2,2H3/b5-4-,12-8+. The zero-order chi connectivity index (χ0) is 10.2.